The molecule has 0 aliphatic heterocycles. The van der Waals surface area contributed by atoms with E-state index in [-0.39, 0.29) is 5.56 Å². The molecule has 0 saturated carbocycles. The van der Waals surface area contributed by atoms with E-state index in [9.17, 15) is 9.90 Å². The summed E-state index contributed by atoms with van der Waals surface area (Å²) >= 11 is 0. The van der Waals surface area contributed by atoms with E-state index in [1.54, 1.807) is 6.07 Å². The second-order valence-electron chi connectivity index (χ2n) is 2.31. The Hall–Kier alpha value is -1.91. The van der Waals surface area contributed by atoms with Crippen molar-refractivity contribution in [2.45, 2.75) is 0 Å². The van der Waals surface area contributed by atoms with Gasteiger partial charge in [-0.05, 0) is 17.7 Å². The summed E-state index contributed by atoms with van der Waals surface area (Å²) in [4.78, 5) is 10.4. The highest BCUT2D eigenvalue weighted by Crippen LogP contribution is 2.09. The Bertz CT molecular complexity index is 435. The second-order valence-corrected chi connectivity index (χ2v) is 2.31. The third-order valence-corrected chi connectivity index (χ3v) is 1.55. The van der Waals surface area contributed by atoms with Gasteiger partial charge in [-0.3, -0.25) is 0 Å². The van der Waals surface area contributed by atoms with Gasteiger partial charge in [-0.1, -0.05) is 6.07 Å². The molecule has 0 saturated heterocycles. The zero-order valence-corrected chi connectivity index (χ0v) is 5.94. The number of aromatic nitrogens is 3. The zero-order chi connectivity index (χ0) is 8.55. The second kappa shape index (κ2) is 2.30. The maximum absolute atomic E-state index is 10.4. The number of fused-ring (bicyclic) bond motifs is 1. The molecule has 5 nitrogen and oxygen atoms in total. The number of aromatic amines is 1. The molecule has 0 amide bonds. The van der Waals surface area contributed by atoms with Gasteiger partial charge >= 0.3 is 0 Å². The van der Waals surface area contributed by atoms with Gasteiger partial charge in [0.15, 0.2) is 0 Å². The van der Waals surface area contributed by atoms with Crippen LogP contribution in [0.15, 0.2) is 18.2 Å². The van der Waals surface area contributed by atoms with Crippen molar-refractivity contribution in [3.63, 3.8) is 0 Å². The number of nitrogens with one attached hydrogen (secondary N) is 1. The summed E-state index contributed by atoms with van der Waals surface area (Å²) in [5, 5.41) is 20.3. The van der Waals surface area contributed by atoms with Crippen LogP contribution in [0, 0.1) is 0 Å². The number of H-pyrrole nitrogens is 1. The molecule has 1 heterocycles. The van der Waals surface area contributed by atoms with Gasteiger partial charge in [0.25, 0.3) is 0 Å². The minimum absolute atomic E-state index is 0.108. The number of aromatic carboxylic acids is 1. The first kappa shape index (κ1) is 6.78. The Morgan fingerprint density at radius 1 is 1.33 bits per heavy atom. The van der Waals surface area contributed by atoms with Gasteiger partial charge < -0.3 is 9.90 Å². The predicted octanol–water partition coefficient (Wildman–Crippen LogP) is -0.679. The van der Waals surface area contributed by atoms with Crippen molar-refractivity contribution in [1.82, 2.24) is 15.4 Å². The number of nitrogens with zero attached hydrogens (tertiary/aromatic N) is 2. The van der Waals surface area contributed by atoms with Crippen LogP contribution in [0.25, 0.3) is 11.0 Å². The van der Waals surface area contributed by atoms with Crippen molar-refractivity contribution in [1.29, 1.82) is 0 Å². The van der Waals surface area contributed by atoms with Crippen molar-refractivity contribution in [2.75, 3.05) is 0 Å². The summed E-state index contributed by atoms with van der Waals surface area (Å²) in [5.41, 5.74) is 1.27. The molecule has 0 spiro atoms. The number of hydrogen-bond acceptors (Lipinski definition) is 4. The molecule has 1 aromatic heterocycles. The van der Waals surface area contributed by atoms with Crippen LogP contribution in [0.1, 0.15) is 10.4 Å². The number of hydrogen-bond donors (Lipinski definition) is 1. The van der Waals surface area contributed by atoms with Gasteiger partial charge in [0.2, 0.25) is 0 Å². The average Bonchev–Trinajstić information content (AvgIpc) is 2.49. The maximum Gasteiger partial charge on any atom is 0.113 e. The monoisotopic (exact) mass is 162 g/mol. The highest BCUT2D eigenvalue weighted by atomic mass is 16.4. The largest absolute Gasteiger partial charge is 0.545 e. The highest BCUT2D eigenvalue weighted by molar-refractivity contribution is 5.90. The molecule has 0 bridgehead atoms. The first-order valence-electron chi connectivity index (χ1n) is 3.29. The predicted molar refractivity (Wildman–Crippen MR) is 38.2 cm³/mol. The highest BCUT2D eigenvalue weighted by Gasteiger charge is 1.99. The molecule has 0 atom stereocenters. The molecule has 2 rings (SSSR count). The lowest BCUT2D eigenvalue weighted by Gasteiger charge is -1.99. The third-order valence-electron chi connectivity index (χ3n) is 1.55. The minimum atomic E-state index is -1.21. The molecule has 0 aliphatic carbocycles. The van der Waals surface area contributed by atoms with E-state index in [0.717, 1.165) is 0 Å². The number of carboxylic acid groups (broad SMARTS) is 1. The van der Waals surface area contributed by atoms with Crippen molar-refractivity contribution in [3.8, 4) is 0 Å². The molecule has 12 heavy (non-hydrogen) atoms. The molecular weight excluding hydrogens is 158 g/mol. The number of benzene rings is 1. The zero-order valence-electron chi connectivity index (χ0n) is 5.94. The van der Waals surface area contributed by atoms with Crippen LogP contribution in [-0.4, -0.2) is 21.4 Å². The lowest BCUT2D eigenvalue weighted by atomic mass is 10.2. The molecule has 0 fully saturated rings. The Morgan fingerprint density at radius 2 is 2.08 bits per heavy atom. The standard InChI is InChI=1S/C7H5N3O2/c11-7(12)4-1-2-5-6(3-4)9-10-8-5/h1-3H,(H,11,12)(H,8,9,10)/p-1. The van der Waals surface area contributed by atoms with Crippen LogP contribution in [0.3, 0.4) is 0 Å². The first-order valence-corrected chi connectivity index (χ1v) is 3.29. The smallest absolute Gasteiger partial charge is 0.113 e. The summed E-state index contributed by atoms with van der Waals surface area (Å²) in [6.07, 6.45) is 0. The fraction of sp³-hybridized carbons (Fsp3) is 0. The Kier molecular flexibility index (Phi) is 1.30. The third kappa shape index (κ3) is 0.914. The lowest BCUT2D eigenvalue weighted by Crippen LogP contribution is -2.21. The van der Waals surface area contributed by atoms with E-state index >= 15 is 0 Å². The Labute approximate surface area is 67.0 Å². The fourth-order valence-electron chi connectivity index (χ4n) is 0.967. The van der Waals surface area contributed by atoms with E-state index < -0.39 is 5.97 Å². The van der Waals surface area contributed by atoms with E-state index in [0.29, 0.717) is 11.0 Å². The average molecular weight is 162 g/mol. The Balaban J connectivity index is 2.68. The van der Waals surface area contributed by atoms with Gasteiger partial charge in [0.1, 0.15) is 11.0 Å². The van der Waals surface area contributed by atoms with E-state index in [4.69, 9.17) is 0 Å². The minimum Gasteiger partial charge on any atom is -0.545 e. The van der Waals surface area contributed by atoms with Crippen molar-refractivity contribution >= 4 is 17.0 Å². The molecule has 0 unspecified atom stereocenters. The van der Waals surface area contributed by atoms with E-state index in [1.165, 1.54) is 12.1 Å². The van der Waals surface area contributed by atoms with Crippen LogP contribution in [0.2, 0.25) is 0 Å². The summed E-state index contributed by atoms with van der Waals surface area (Å²) in [5.74, 6) is -1.21. The molecule has 1 N–H and O–H groups in total. The van der Waals surface area contributed by atoms with Gasteiger partial charge in [0, 0.05) is 0 Å². The van der Waals surface area contributed by atoms with Gasteiger partial charge in [0.05, 0.1) is 5.97 Å². The normalized spacial score (nSPS) is 10.3. The van der Waals surface area contributed by atoms with Crippen molar-refractivity contribution < 1.29 is 9.90 Å². The number of carbonyl (C=O) groups is 1. The van der Waals surface area contributed by atoms with E-state index in [1.807, 2.05) is 0 Å². The van der Waals surface area contributed by atoms with Gasteiger partial charge in [-0.15, -0.1) is 0 Å². The summed E-state index contributed by atoms with van der Waals surface area (Å²) in [6, 6.07) is 4.41. The molecule has 60 valence electrons. The van der Waals surface area contributed by atoms with Gasteiger partial charge in [-0.2, -0.15) is 15.4 Å². The molecule has 0 aliphatic rings. The van der Waals surface area contributed by atoms with Crippen LogP contribution in [0.4, 0.5) is 0 Å². The van der Waals surface area contributed by atoms with Crippen LogP contribution in [-0.2, 0) is 0 Å². The lowest BCUT2D eigenvalue weighted by molar-refractivity contribution is -0.255. The van der Waals surface area contributed by atoms with Gasteiger partial charge in [-0.25, -0.2) is 0 Å². The summed E-state index contributed by atoms with van der Waals surface area (Å²) in [6.45, 7) is 0. The fourth-order valence-corrected chi connectivity index (χ4v) is 0.967. The Morgan fingerprint density at radius 3 is 2.83 bits per heavy atom. The first-order chi connectivity index (χ1) is 5.77. The summed E-state index contributed by atoms with van der Waals surface area (Å²) in [7, 11) is 0. The van der Waals surface area contributed by atoms with Crippen molar-refractivity contribution in [3.05, 3.63) is 23.8 Å². The quantitative estimate of drug-likeness (QED) is 0.602. The maximum atomic E-state index is 10.4. The van der Waals surface area contributed by atoms with E-state index in [2.05, 4.69) is 15.4 Å². The van der Waals surface area contributed by atoms with Crippen LogP contribution < -0.4 is 5.11 Å². The molecule has 0 radical (unpaired) electrons. The molecule has 2 aromatic rings. The number of carbonyl (C=O) groups excluding carboxylic acids is 1. The SMILES string of the molecule is O=C([O-])c1ccc2n[nH]nc2c1. The molecule has 5 heteroatoms. The van der Waals surface area contributed by atoms with Crippen LogP contribution in [0.5, 0.6) is 0 Å². The van der Waals surface area contributed by atoms with Crippen LogP contribution >= 0.6 is 0 Å². The molecule has 1 aromatic carbocycles. The number of rotatable bonds is 1. The van der Waals surface area contributed by atoms with Crippen molar-refractivity contribution in [2.24, 2.45) is 0 Å². The number of carboxylic acids is 1. The topological polar surface area (TPSA) is 81.7 Å². The summed E-state index contributed by atoms with van der Waals surface area (Å²) < 4.78 is 0. The molecular formula is C7H4N3O2-.